The first-order chi connectivity index (χ1) is 6.65. The van der Waals surface area contributed by atoms with Crippen LogP contribution in [0.15, 0.2) is 0 Å². The van der Waals surface area contributed by atoms with Crippen LogP contribution in [0.5, 0.6) is 0 Å². The van der Waals surface area contributed by atoms with Crippen LogP contribution in [-0.4, -0.2) is 29.4 Å². The van der Waals surface area contributed by atoms with Crippen molar-refractivity contribution in [1.29, 1.82) is 0 Å². The first-order valence-corrected chi connectivity index (χ1v) is 7.07. The summed E-state index contributed by atoms with van der Waals surface area (Å²) in [4.78, 5) is 2.70. The van der Waals surface area contributed by atoms with Crippen LogP contribution in [0.2, 0.25) is 0 Å². The van der Waals surface area contributed by atoms with Crippen LogP contribution < -0.4 is 0 Å². The van der Waals surface area contributed by atoms with Crippen LogP contribution in [0.4, 0.5) is 0 Å². The Balaban J connectivity index is 1.83. The average molecular weight is 260 g/mol. The van der Waals surface area contributed by atoms with E-state index in [1.165, 1.54) is 44.1 Å². The Morgan fingerprint density at radius 1 is 1.36 bits per heavy atom. The van der Waals surface area contributed by atoms with Gasteiger partial charge in [0.2, 0.25) is 0 Å². The first kappa shape index (κ1) is 10.9. The molecule has 0 aromatic rings. The van der Waals surface area contributed by atoms with Crippen molar-refractivity contribution in [2.45, 2.75) is 45.6 Å². The Hall–Kier alpha value is 0.440. The quantitative estimate of drug-likeness (QED) is 0.662. The van der Waals surface area contributed by atoms with E-state index in [1.54, 1.807) is 0 Å². The summed E-state index contributed by atoms with van der Waals surface area (Å²) in [7, 11) is 0. The highest BCUT2D eigenvalue weighted by molar-refractivity contribution is 9.09. The predicted octanol–water partition coefficient (Wildman–Crippen LogP) is 3.28. The van der Waals surface area contributed by atoms with Crippen LogP contribution in [0.1, 0.15) is 39.5 Å². The SMILES string of the molecule is CC(C)N(CC1CC1)CC1(CBr)CC1. The molecule has 14 heavy (non-hydrogen) atoms. The maximum atomic E-state index is 3.67. The summed E-state index contributed by atoms with van der Waals surface area (Å²) >= 11 is 3.67. The van der Waals surface area contributed by atoms with Gasteiger partial charge in [-0.25, -0.2) is 0 Å². The van der Waals surface area contributed by atoms with Gasteiger partial charge >= 0.3 is 0 Å². The molecule has 2 aliphatic carbocycles. The highest BCUT2D eigenvalue weighted by Crippen LogP contribution is 2.48. The molecule has 0 bridgehead atoms. The number of alkyl halides is 1. The molecule has 0 atom stereocenters. The minimum absolute atomic E-state index is 0.652. The Morgan fingerprint density at radius 3 is 2.36 bits per heavy atom. The van der Waals surface area contributed by atoms with Gasteiger partial charge in [-0.3, -0.25) is 0 Å². The van der Waals surface area contributed by atoms with Gasteiger partial charge in [0, 0.05) is 24.5 Å². The lowest BCUT2D eigenvalue weighted by Gasteiger charge is -2.30. The number of halogens is 1. The van der Waals surface area contributed by atoms with Crippen LogP contribution >= 0.6 is 15.9 Å². The fraction of sp³-hybridized carbons (Fsp3) is 1.00. The Labute approximate surface area is 96.4 Å². The third-order valence-corrected chi connectivity index (χ3v) is 4.89. The smallest absolute Gasteiger partial charge is 0.0100 e. The Kier molecular flexibility index (Phi) is 3.23. The zero-order valence-corrected chi connectivity index (χ0v) is 11.0. The second-order valence-corrected chi connectivity index (χ2v) is 6.16. The summed E-state index contributed by atoms with van der Waals surface area (Å²) in [5.74, 6) is 1.03. The van der Waals surface area contributed by atoms with E-state index in [4.69, 9.17) is 0 Å². The fourth-order valence-electron chi connectivity index (χ4n) is 2.03. The molecule has 0 aromatic heterocycles. The molecule has 2 saturated carbocycles. The zero-order chi connectivity index (χ0) is 10.2. The molecule has 82 valence electrons. The van der Waals surface area contributed by atoms with Gasteiger partial charge < -0.3 is 4.90 Å². The van der Waals surface area contributed by atoms with Gasteiger partial charge in [0.15, 0.2) is 0 Å². The molecule has 2 aliphatic rings. The van der Waals surface area contributed by atoms with Crippen LogP contribution in [0.3, 0.4) is 0 Å². The lowest BCUT2D eigenvalue weighted by Crippen LogP contribution is -2.38. The van der Waals surface area contributed by atoms with Crippen molar-refractivity contribution in [2.75, 3.05) is 18.4 Å². The van der Waals surface area contributed by atoms with Gasteiger partial charge in [0.1, 0.15) is 0 Å². The van der Waals surface area contributed by atoms with E-state index < -0.39 is 0 Å². The molecule has 1 nitrogen and oxygen atoms in total. The Morgan fingerprint density at radius 2 is 2.00 bits per heavy atom. The van der Waals surface area contributed by atoms with E-state index in [9.17, 15) is 0 Å². The van der Waals surface area contributed by atoms with E-state index in [2.05, 4.69) is 34.7 Å². The summed E-state index contributed by atoms with van der Waals surface area (Å²) in [6, 6.07) is 0.729. The molecule has 0 unspecified atom stereocenters. The third-order valence-electron chi connectivity index (χ3n) is 3.70. The molecule has 0 spiro atoms. The topological polar surface area (TPSA) is 3.24 Å². The predicted molar refractivity (Wildman–Crippen MR) is 64.9 cm³/mol. The number of rotatable bonds is 6. The van der Waals surface area contributed by atoms with E-state index in [0.717, 1.165) is 12.0 Å². The second-order valence-electron chi connectivity index (χ2n) is 5.60. The summed E-state index contributed by atoms with van der Waals surface area (Å²) < 4.78 is 0. The first-order valence-electron chi connectivity index (χ1n) is 5.95. The lowest BCUT2D eigenvalue weighted by atomic mass is 10.1. The van der Waals surface area contributed by atoms with Gasteiger partial charge in [-0.15, -0.1) is 0 Å². The normalized spacial score (nSPS) is 24.6. The van der Waals surface area contributed by atoms with Gasteiger partial charge in [-0.1, -0.05) is 15.9 Å². The van der Waals surface area contributed by atoms with E-state index in [0.29, 0.717) is 5.41 Å². The van der Waals surface area contributed by atoms with E-state index in [-0.39, 0.29) is 0 Å². The van der Waals surface area contributed by atoms with Crippen molar-refractivity contribution in [1.82, 2.24) is 4.90 Å². The van der Waals surface area contributed by atoms with Crippen LogP contribution in [0.25, 0.3) is 0 Å². The van der Waals surface area contributed by atoms with Gasteiger partial charge in [0.25, 0.3) is 0 Å². The lowest BCUT2D eigenvalue weighted by molar-refractivity contribution is 0.179. The molecule has 0 N–H and O–H groups in total. The monoisotopic (exact) mass is 259 g/mol. The van der Waals surface area contributed by atoms with Gasteiger partial charge in [0.05, 0.1) is 0 Å². The molecule has 0 heterocycles. The number of hydrogen-bond donors (Lipinski definition) is 0. The molecule has 2 heteroatoms. The minimum atomic E-state index is 0.652. The van der Waals surface area contributed by atoms with Crippen LogP contribution in [-0.2, 0) is 0 Å². The summed E-state index contributed by atoms with van der Waals surface area (Å²) in [5, 5.41) is 1.20. The largest absolute Gasteiger partial charge is 0.300 e. The standard InChI is InChI=1S/C12H22BrN/c1-10(2)14(7-11-3-4-11)9-12(8-13)5-6-12/h10-11H,3-9H2,1-2H3. The molecule has 2 fully saturated rings. The zero-order valence-electron chi connectivity index (χ0n) is 9.43. The van der Waals surface area contributed by atoms with Crippen molar-refractivity contribution in [3.8, 4) is 0 Å². The molecule has 0 aliphatic heterocycles. The van der Waals surface area contributed by atoms with Crippen molar-refractivity contribution < 1.29 is 0 Å². The van der Waals surface area contributed by atoms with Crippen molar-refractivity contribution >= 4 is 15.9 Å². The Bertz CT molecular complexity index is 194. The maximum Gasteiger partial charge on any atom is 0.0100 e. The van der Waals surface area contributed by atoms with E-state index in [1.807, 2.05) is 0 Å². The summed E-state index contributed by atoms with van der Waals surface area (Å²) in [6.45, 7) is 7.36. The molecular formula is C12H22BrN. The van der Waals surface area contributed by atoms with Gasteiger partial charge in [-0.2, -0.15) is 0 Å². The second kappa shape index (κ2) is 4.13. The molecule has 2 rings (SSSR count). The van der Waals surface area contributed by atoms with Crippen LogP contribution in [0, 0.1) is 11.3 Å². The minimum Gasteiger partial charge on any atom is -0.300 e. The van der Waals surface area contributed by atoms with Crippen molar-refractivity contribution in [3.05, 3.63) is 0 Å². The number of hydrogen-bond acceptors (Lipinski definition) is 1. The van der Waals surface area contributed by atoms with E-state index >= 15 is 0 Å². The molecule has 0 saturated heterocycles. The van der Waals surface area contributed by atoms with Crippen molar-refractivity contribution in [3.63, 3.8) is 0 Å². The molecule has 0 radical (unpaired) electrons. The van der Waals surface area contributed by atoms with Gasteiger partial charge in [-0.05, 0) is 50.9 Å². The highest BCUT2D eigenvalue weighted by atomic mass is 79.9. The summed E-state index contributed by atoms with van der Waals surface area (Å²) in [6.07, 6.45) is 5.83. The molecular weight excluding hydrogens is 238 g/mol. The summed E-state index contributed by atoms with van der Waals surface area (Å²) in [5.41, 5.74) is 0.652. The third kappa shape index (κ3) is 2.73. The highest BCUT2D eigenvalue weighted by Gasteiger charge is 2.43. The number of nitrogens with zero attached hydrogens (tertiary/aromatic N) is 1. The molecule has 0 amide bonds. The van der Waals surface area contributed by atoms with Crippen molar-refractivity contribution in [2.24, 2.45) is 11.3 Å². The fourth-order valence-corrected chi connectivity index (χ4v) is 2.77. The maximum absolute atomic E-state index is 3.67. The average Bonchev–Trinajstić information content (AvgIpc) is 2.98. The molecule has 0 aromatic carbocycles.